The number of hydrogen-bond donors (Lipinski definition) is 2. The van der Waals surface area contributed by atoms with Crippen LogP contribution in [-0.2, 0) is 16.0 Å². The normalized spacial score (nSPS) is 22.4. The third-order valence-corrected chi connectivity index (χ3v) is 10.5. The molecular formula is C37H41NO8. The molecule has 0 saturated heterocycles. The van der Waals surface area contributed by atoms with Gasteiger partial charge in [0.2, 0.25) is 17.1 Å². The van der Waals surface area contributed by atoms with Gasteiger partial charge in [-0.15, -0.1) is 0 Å². The summed E-state index contributed by atoms with van der Waals surface area (Å²) in [6.07, 6.45) is 5.15. The first kappa shape index (κ1) is 31.6. The lowest BCUT2D eigenvalue weighted by Gasteiger charge is -2.39. The highest BCUT2D eigenvalue weighted by molar-refractivity contribution is 6.10. The predicted molar refractivity (Wildman–Crippen MR) is 174 cm³/mol. The molecule has 46 heavy (non-hydrogen) atoms. The van der Waals surface area contributed by atoms with E-state index in [0.29, 0.717) is 47.6 Å². The molecule has 0 aliphatic heterocycles. The van der Waals surface area contributed by atoms with Gasteiger partial charge >= 0.3 is 0 Å². The second-order valence-electron chi connectivity index (χ2n) is 12.8. The number of carbonyl (C=O) groups is 2. The largest absolute Gasteiger partial charge is 0.493 e. The first-order chi connectivity index (χ1) is 21.9. The molecule has 1 spiro atoms. The van der Waals surface area contributed by atoms with Crippen molar-refractivity contribution >= 4 is 11.7 Å². The van der Waals surface area contributed by atoms with Crippen molar-refractivity contribution in [3.05, 3.63) is 79.6 Å². The van der Waals surface area contributed by atoms with Gasteiger partial charge in [-0.3, -0.25) is 14.4 Å². The summed E-state index contributed by atoms with van der Waals surface area (Å²) in [4.78, 5) is 40.3. The number of aliphatic hydroxyl groups is 1. The van der Waals surface area contributed by atoms with E-state index in [9.17, 15) is 19.5 Å². The number of rotatable bonds is 8. The zero-order valence-electron chi connectivity index (χ0n) is 27.5. The lowest BCUT2D eigenvalue weighted by molar-refractivity contribution is -0.137. The maximum Gasteiger partial charge on any atom is 0.220 e. The third kappa shape index (κ3) is 4.66. The van der Waals surface area contributed by atoms with E-state index in [1.54, 1.807) is 34.3 Å². The second-order valence-corrected chi connectivity index (χ2v) is 12.8. The number of ketones is 1. The van der Waals surface area contributed by atoms with Gasteiger partial charge in [-0.2, -0.15) is 0 Å². The fourth-order valence-corrected chi connectivity index (χ4v) is 7.86. The topological polar surface area (TPSA) is 120 Å². The molecule has 0 bridgehead atoms. The van der Waals surface area contributed by atoms with Crippen LogP contribution in [0.1, 0.15) is 70.0 Å². The average Bonchev–Trinajstić information content (AvgIpc) is 3.83. The molecule has 1 saturated carbocycles. The first-order valence-corrected chi connectivity index (χ1v) is 15.7. The van der Waals surface area contributed by atoms with Crippen molar-refractivity contribution in [3.63, 3.8) is 0 Å². The maximum absolute atomic E-state index is 13.7. The number of nitrogens with one attached hydrogen (secondary N) is 1. The average molecular weight is 628 g/mol. The van der Waals surface area contributed by atoms with E-state index < -0.39 is 17.1 Å². The number of Topliss-reactive ketones (excluding diaryl/α,β-unsaturated/α-hetero) is 1. The minimum absolute atomic E-state index is 0.169. The lowest BCUT2D eigenvalue weighted by atomic mass is 9.67. The Morgan fingerprint density at radius 2 is 1.67 bits per heavy atom. The molecule has 242 valence electrons. The molecule has 1 amide bonds. The first-order valence-electron chi connectivity index (χ1n) is 15.7. The molecule has 2 atom stereocenters. The molecule has 2 N–H and O–H groups in total. The van der Waals surface area contributed by atoms with E-state index in [2.05, 4.69) is 5.32 Å². The SMILES string of the molecule is COc1cc2c(c(OC)c1OC)-c1ccc(OC)c(=O)cc1[C@@H](NC(=O)CCC1=C(C)C=C3C(=O)[C@@](C)(O)C4(CC4)C(C)=C31)CC2. The molecular weight excluding hydrogens is 586 g/mol. The Morgan fingerprint density at radius 1 is 0.978 bits per heavy atom. The lowest BCUT2D eigenvalue weighted by Crippen LogP contribution is -2.49. The van der Waals surface area contributed by atoms with E-state index >= 15 is 0 Å². The molecule has 0 aromatic heterocycles. The summed E-state index contributed by atoms with van der Waals surface area (Å²) in [5.41, 5.74) is 5.25. The third-order valence-electron chi connectivity index (χ3n) is 10.5. The number of benzene rings is 1. The van der Waals surface area contributed by atoms with Crippen molar-refractivity contribution in [1.29, 1.82) is 0 Å². The number of hydrogen-bond acceptors (Lipinski definition) is 8. The number of amides is 1. The van der Waals surface area contributed by atoms with Crippen molar-refractivity contribution in [3.8, 4) is 34.1 Å². The maximum atomic E-state index is 13.7. The Bertz CT molecular complexity index is 1830. The Kier molecular flexibility index (Phi) is 7.87. The van der Waals surface area contributed by atoms with Gasteiger partial charge in [0, 0.05) is 23.0 Å². The highest BCUT2D eigenvalue weighted by Gasteiger charge is 2.65. The van der Waals surface area contributed by atoms with Gasteiger partial charge < -0.3 is 29.4 Å². The van der Waals surface area contributed by atoms with Crippen molar-refractivity contribution in [2.24, 2.45) is 5.41 Å². The molecule has 4 aliphatic rings. The van der Waals surface area contributed by atoms with E-state index in [0.717, 1.165) is 51.8 Å². The monoisotopic (exact) mass is 627 g/mol. The van der Waals surface area contributed by atoms with Gasteiger partial charge in [0.25, 0.3) is 0 Å². The highest BCUT2D eigenvalue weighted by atomic mass is 16.5. The molecule has 6 rings (SSSR count). The molecule has 2 aromatic carbocycles. The Hall–Kier alpha value is -4.37. The molecule has 1 fully saturated rings. The van der Waals surface area contributed by atoms with Gasteiger partial charge in [-0.25, -0.2) is 0 Å². The fraction of sp³-hybridized carbons (Fsp3) is 0.432. The van der Waals surface area contributed by atoms with Crippen LogP contribution in [0, 0.1) is 5.41 Å². The van der Waals surface area contributed by atoms with Crippen LogP contribution in [0.15, 0.2) is 63.0 Å². The minimum atomic E-state index is -1.42. The Morgan fingerprint density at radius 3 is 2.30 bits per heavy atom. The van der Waals surface area contributed by atoms with Crippen LogP contribution >= 0.6 is 0 Å². The molecule has 0 unspecified atom stereocenters. The van der Waals surface area contributed by atoms with Crippen LogP contribution in [0.2, 0.25) is 0 Å². The fourth-order valence-electron chi connectivity index (χ4n) is 7.86. The van der Waals surface area contributed by atoms with E-state index in [1.165, 1.54) is 13.2 Å². The van der Waals surface area contributed by atoms with Crippen LogP contribution in [0.25, 0.3) is 11.1 Å². The summed E-state index contributed by atoms with van der Waals surface area (Å²) in [7, 11) is 6.13. The number of aryl methyl sites for hydroxylation is 1. The number of fused-ring (bicyclic) bond motifs is 4. The van der Waals surface area contributed by atoms with Gasteiger partial charge in [-0.05, 0) is 111 Å². The highest BCUT2D eigenvalue weighted by Crippen LogP contribution is 2.65. The standard InChI is InChI=1S/C37H41NO8/c1-19-16-25-31(20(2)37(14-15-37)36(3,42)35(25)41)22(19)10-13-30(40)38-26-11-8-21-17-29(44-5)33(45-6)34(46-7)32(21)23-9-12-28(43-4)27(39)18-24(23)26/h9,12,16-18,26,42H,8,10-11,13-15H2,1-7H3,(H,38,40)/t26-,36+/m0/s1. The van der Waals surface area contributed by atoms with Gasteiger partial charge in [0.05, 0.1) is 34.5 Å². The molecule has 0 radical (unpaired) electrons. The van der Waals surface area contributed by atoms with Crippen molar-refractivity contribution < 1.29 is 33.6 Å². The number of ether oxygens (including phenoxy) is 4. The van der Waals surface area contributed by atoms with Crippen LogP contribution in [0.5, 0.6) is 23.0 Å². The summed E-state index contributed by atoms with van der Waals surface area (Å²) in [5, 5.41) is 14.4. The van der Waals surface area contributed by atoms with Gasteiger partial charge in [-0.1, -0.05) is 11.6 Å². The van der Waals surface area contributed by atoms with Crippen molar-refractivity contribution in [1.82, 2.24) is 5.32 Å². The zero-order valence-corrected chi connectivity index (χ0v) is 27.5. The van der Waals surface area contributed by atoms with E-state index in [-0.39, 0.29) is 29.3 Å². The van der Waals surface area contributed by atoms with Crippen LogP contribution in [0.4, 0.5) is 0 Å². The Balaban J connectivity index is 1.33. The summed E-state index contributed by atoms with van der Waals surface area (Å²) in [6, 6.07) is 6.43. The summed E-state index contributed by atoms with van der Waals surface area (Å²) in [5.74, 6) is 1.22. The van der Waals surface area contributed by atoms with Gasteiger partial charge in [0.1, 0.15) is 5.60 Å². The summed E-state index contributed by atoms with van der Waals surface area (Å²) >= 11 is 0. The van der Waals surface area contributed by atoms with Gasteiger partial charge in [0.15, 0.2) is 23.0 Å². The second kappa shape index (κ2) is 11.5. The summed E-state index contributed by atoms with van der Waals surface area (Å²) in [6.45, 7) is 5.61. The minimum Gasteiger partial charge on any atom is -0.493 e. The number of allylic oxidation sites excluding steroid dienone is 4. The molecule has 9 heteroatoms. The van der Waals surface area contributed by atoms with Crippen LogP contribution in [-0.4, -0.2) is 50.8 Å². The molecule has 9 nitrogen and oxygen atoms in total. The summed E-state index contributed by atoms with van der Waals surface area (Å²) < 4.78 is 22.5. The smallest absolute Gasteiger partial charge is 0.220 e. The van der Waals surface area contributed by atoms with E-state index in [1.807, 2.05) is 32.1 Å². The van der Waals surface area contributed by atoms with Crippen molar-refractivity contribution in [2.75, 3.05) is 28.4 Å². The Labute approximate surface area is 268 Å². The van der Waals surface area contributed by atoms with Crippen LogP contribution < -0.4 is 29.7 Å². The predicted octanol–water partition coefficient (Wildman–Crippen LogP) is 5.32. The zero-order chi connectivity index (χ0) is 33.1. The quantitative estimate of drug-likeness (QED) is 0.404. The van der Waals surface area contributed by atoms with E-state index in [4.69, 9.17) is 18.9 Å². The molecule has 0 heterocycles. The number of carbonyl (C=O) groups excluding carboxylic acids is 2. The molecule has 4 aliphatic carbocycles. The van der Waals surface area contributed by atoms with Crippen LogP contribution in [0.3, 0.4) is 0 Å². The number of methoxy groups -OCH3 is 4. The molecule has 2 aromatic rings. The van der Waals surface area contributed by atoms with Crippen molar-refractivity contribution in [2.45, 2.75) is 70.9 Å².